The number of benzene rings is 1. The van der Waals surface area contributed by atoms with Crippen molar-refractivity contribution in [3.8, 4) is 0 Å². The lowest BCUT2D eigenvalue weighted by atomic mass is 9.95. The molecule has 0 spiro atoms. The molecule has 2 rings (SSSR count). The van der Waals surface area contributed by atoms with E-state index < -0.39 is 18.0 Å². The molecule has 0 aromatic heterocycles. The highest BCUT2D eigenvalue weighted by Crippen LogP contribution is 2.23. The van der Waals surface area contributed by atoms with E-state index in [0.29, 0.717) is 19.4 Å². The van der Waals surface area contributed by atoms with E-state index in [0.717, 1.165) is 12.0 Å². The van der Waals surface area contributed by atoms with E-state index in [1.54, 1.807) is 25.7 Å². The molecule has 2 N–H and O–H groups in total. The van der Waals surface area contributed by atoms with Crippen LogP contribution in [0.1, 0.15) is 45.6 Å². The van der Waals surface area contributed by atoms with Gasteiger partial charge >= 0.3 is 5.97 Å². The zero-order chi connectivity index (χ0) is 20.0. The molecule has 2 unspecified atom stereocenters. The Morgan fingerprint density at radius 3 is 2.48 bits per heavy atom. The number of Topliss-reactive ketones (excluding diaryl/α,β-unsaturated/α-hetero) is 1. The Morgan fingerprint density at radius 2 is 1.85 bits per heavy atom. The van der Waals surface area contributed by atoms with Gasteiger partial charge in [0.2, 0.25) is 5.91 Å². The summed E-state index contributed by atoms with van der Waals surface area (Å²) in [5.74, 6) is -1.19. The number of hydrogen-bond donors (Lipinski definition) is 1. The summed E-state index contributed by atoms with van der Waals surface area (Å²) < 4.78 is 5.26. The summed E-state index contributed by atoms with van der Waals surface area (Å²) in [4.78, 5) is 39.0. The van der Waals surface area contributed by atoms with Gasteiger partial charge < -0.3 is 15.4 Å². The van der Waals surface area contributed by atoms with Crippen LogP contribution in [0.15, 0.2) is 30.3 Å². The molecule has 0 radical (unpaired) electrons. The van der Waals surface area contributed by atoms with Gasteiger partial charge in [-0.15, -0.1) is 0 Å². The number of ether oxygens (including phenoxy) is 1. The molecule has 148 valence electrons. The molecule has 0 aliphatic carbocycles. The SMILES string of the molecule is CC(C)OC(=O)[C@@H]1CCCN1C(=O)C(C)CC(=O)C(N)Cc1ccccc1. The first-order valence-corrected chi connectivity index (χ1v) is 9.62. The summed E-state index contributed by atoms with van der Waals surface area (Å²) >= 11 is 0. The fraction of sp³-hybridized carbons (Fsp3) is 0.571. The van der Waals surface area contributed by atoms with E-state index in [9.17, 15) is 14.4 Å². The molecule has 1 aromatic carbocycles. The predicted octanol–water partition coefficient (Wildman–Crippen LogP) is 2.09. The van der Waals surface area contributed by atoms with Crippen LogP contribution < -0.4 is 5.73 Å². The second-order valence-corrected chi connectivity index (χ2v) is 7.54. The maximum absolute atomic E-state index is 12.8. The average Bonchev–Trinajstić information content (AvgIpc) is 3.11. The molecule has 6 heteroatoms. The lowest BCUT2D eigenvalue weighted by Crippen LogP contribution is -2.45. The summed E-state index contributed by atoms with van der Waals surface area (Å²) in [6, 6.07) is 8.39. The Kier molecular flexibility index (Phi) is 7.54. The number of hydrogen-bond acceptors (Lipinski definition) is 5. The number of nitrogens with zero attached hydrogens (tertiary/aromatic N) is 1. The Morgan fingerprint density at radius 1 is 1.19 bits per heavy atom. The molecule has 0 saturated carbocycles. The summed E-state index contributed by atoms with van der Waals surface area (Å²) in [7, 11) is 0. The smallest absolute Gasteiger partial charge is 0.329 e. The first-order valence-electron chi connectivity index (χ1n) is 9.62. The van der Waals surface area contributed by atoms with Crippen LogP contribution in [-0.4, -0.2) is 47.3 Å². The minimum atomic E-state index is -0.636. The van der Waals surface area contributed by atoms with Gasteiger partial charge in [0.15, 0.2) is 5.78 Å². The quantitative estimate of drug-likeness (QED) is 0.704. The fourth-order valence-electron chi connectivity index (χ4n) is 3.39. The number of likely N-dealkylation sites (tertiary alicyclic amines) is 1. The Hall–Kier alpha value is -2.21. The van der Waals surface area contributed by atoms with Crippen LogP contribution in [0.4, 0.5) is 0 Å². The third-order valence-electron chi connectivity index (χ3n) is 4.80. The minimum absolute atomic E-state index is 0.0787. The number of amides is 1. The highest BCUT2D eigenvalue weighted by molar-refractivity contribution is 5.91. The van der Waals surface area contributed by atoms with Gasteiger partial charge in [-0.3, -0.25) is 9.59 Å². The first kappa shape index (κ1) is 21.1. The Balaban J connectivity index is 1.91. The van der Waals surface area contributed by atoms with Crippen LogP contribution in [0, 0.1) is 5.92 Å². The number of nitrogens with two attached hydrogens (primary N) is 1. The molecule has 3 atom stereocenters. The second-order valence-electron chi connectivity index (χ2n) is 7.54. The monoisotopic (exact) mass is 374 g/mol. The summed E-state index contributed by atoms with van der Waals surface area (Å²) in [5.41, 5.74) is 7.03. The molecular formula is C21H30N2O4. The van der Waals surface area contributed by atoms with E-state index >= 15 is 0 Å². The van der Waals surface area contributed by atoms with Crippen LogP contribution in [-0.2, 0) is 25.5 Å². The first-order chi connectivity index (χ1) is 12.8. The maximum atomic E-state index is 12.8. The van der Waals surface area contributed by atoms with Crippen molar-refractivity contribution in [3.05, 3.63) is 35.9 Å². The van der Waals surface area contributed by atoms with Crippen molar-refractivity contribution in [3.63, 3.8) is 0 Å². The van der Waals surface area contributed by atoms with Crippen molar-refractivity contribution >= 4 is 17.7 Å². The third-order valence-corrected chi connectivity index (χ3v) is 4.80. The van der Waals surface area contributed by atoms with Crippen LogP contribution >= 0.6 is 0 Å². The number of rotatable bonds is 8. The number of ketones is 1. The van der Waals surface area contributed by atoms with Gasteiger partial charge in [0.25, 0.3) is 0 Å². The zero-order valence-electron chi connectivity index (χ0n) is 16.4. The second kappa shape index (κ2) is 9.65. The van der Waals surface area contributed by atoms with Crippen molar-refractivity contribution < 1.29 is 19.1 Å². The molecule has 6 nitrogen and oxygen atoms in total. The van der Waals surface area contributed by atoms with Crippen LogP contribution in [0.2, 0.25) is 0 Å². The molecule has 1 aromatic rings. The molecule has 1 saturated heterocycles. The topological polar surface area (TPSA) is 89.7 Å². The lowest BCUT2D eigenvalue weighted by molar-refractivity contribution is -0.157. The number of carbonyl (C=O) groups excluding carboxylic acids is 3. The molecule has 1 aliphatic heterocycles. The zero-order valence-corrected chi connectivity index (χ0v) is 16.4. The summed E-state index contributed by atoms with van der Waals surface area (Å²) in [6.45, 7) is 5.81. The number of esters is 1. The van der Waals surface area contributed by atoms with Gasteiger partial charge in [-0.1, -0.05) is 37.3 Å². The Labute approximate surface area is 161 Å². The van der Waals surface area contributed by atoms with Crippen molar-refractivity contribution in [2.45, 2.75) is 64.6 Å². The van der Waals surface area contributed by atoms with Gasteiger partial charge in [-0.25, -0.2) is 4.79 Å². The lowest BCUT2D eigenvalue weighted by Gasteiger charge is -2.27. The van der Waals surface area contributed by atoms with E-state index in [-0.39, 0.29) is 30.2 Å². The third kappa shape index (κ3) is 5.89. The molecule has 27 heavy (non-hydrogen) atoms. The molecular weight excluding hydrogens is 344 g/mol. The van der Waals surface area contributed by atoms with Crippen molar-refractivity contribution in [2.75, 3.05) is 6.54 Å². The van der Waals surface area contributed by atoms with Crippen LogP contribution in [0.5, 0.6) is 0 Å². The van der Waals surface area contributed by atoms with Gasteiger partial charge in [0.1, 0.15) is 6.04 Å². The number of carbonyl (C=O) groups is 3. The van der Waals surface area contributed by atoms with E-state index in [2.05, 4.69) is 0 Å². The maximum Gasteiger partial charge on any atom is 0.329 e. The van der Waals surface area contributed by atoms with E-state index in [1.165, 1.54) is 0 Å². The minimum Gasteiger partial charge on any atom is -0.461 e. The summed E-state index contributed by atoms with van der Waals surface area (Å²) in [5, 5.41) is 0. The van der Waals surface area contributed by atoms with E-state index in [1.807, 2.05) is 30.3 Å². The fourth-order valence-corrected chi connectivity index (χ4v) is 3.39. The van der Waals surface area contributed by atoms with Gasteiger partial charge in [-0.2, -0.15) is 0 Å². The highest BCUT2D eigenvalue weighted by atomic mass is 16.5. The highest BCUT2D eigenvalue weighted by Gasteiger charge is 2.37. The molecule has 1 heterocycles. The molecule has 1 fully saturated rings. The predicted molar refractivity (Wildman–Crippen MR) is 103 cm³/mol. The average molecular weight is 374 g/mol. The normalized spacial score (nSPS) is 19.0. The van der Waals surface area contributed by atoms with Crippen LogP contribution in [0.3, 0.4) is 0 Å². The summed E-state index contributed by atoms with van der Waals surface area (Å²) in [6.07, 6.45) is 1.68. The van der Waals surface area contributed by atoms with Crippen molar-refractivity contribution in [1.82, 2.24) is 4.90 Å². The van der Waals surface area contributed by atoms with Crippen molar-refractivity contribution in [2.24, 2.45) is 11.7 Å². The Bertz CT molecular complexity index is 659. The standard InChI is InChI=1S/C21H30N2O4/c1-14(2)27-21(26)18-10-7-11-23(18)20(25)15(3)12-19(24)17(22)13-16-8-5-4-6-9-16/h4-6,8-9,14-15,17-18H,7,10-13,22H2,1-3H3/t15?,17?,18-/m0/s1. The molecule has 0 bridgehead atoms. The van der Waals surface area contributed by atoms with E-state index in [4.69, 9.17) is 10.5 Å². The van der Waals surface area contributed by atoms with Gasteiger partial charge in [0.05, 0.1) is 12.1 Å². The van der Waals surface area contributed by atoms with Crippen molar-refractivity contribution in [1.29, 1.82) is 0 Å². The molecule has 1 amide bonds. The van der Waals surface area contributed by atoms with Crippen LogP contribution in [0.25, 0.3) is 0 Å². The van der Waals surface area contributed by atoms with Gasteiger partial charge in [0, 0.05) is 18.9 Å². The van der Waals surface area contributed by atoms with Gasteiger partial charge in [-0.05, 0) is 38.7 Å². The largest absolute Gasteiger partial charge is 0.461 e. The molecule has 1 aliphatic rings.